The van der Waals surface area contributed by atoms with Crippen LogP contribution in [0.1, 0.15) is 5.56 Å². The van der Waals surface area contributed by atoms with Gasteiger partial charge in [0.2, 0.25) is 0 Å². The summed E-state index contributed by atoms with van der Waals surface area (Å²) in [7, 11) is 0. The van der Waals surface area contributed by atoms with Gasteiger partial charge in [0, 0.05) is 17.8 Å². The number of non-ortho nitro benzene ring substituents is 1. The second-order valence-corrected chi connectivity index (χ2v) is 5.00. The average molecular weight is 357 g/mol. The van der Waals surface area contributed by atoms with Crippen LogP contribution in [0.3, 0.4) is 0 Å². The maximum absolute atomic E-state index is 11.7. The number of hydrazone groups is 1. The molecule has 0 aliphatic carbocycles. The molecule has 0 atom stereocenters. The van der Waals surface area contributed by atoms with Crippen molar-refractivity contribution in [2.75, 3.05) is 11.9 Å². The number of nitrogens with one attached hydrogen (secondary N) is 3. The predicted molar refractivity (Wildman–Crippen MR) is 94.0 cm³/mol. The number of carbonyl (C=O) groups excluding carboxylic acids is 2. The van der Waals surface area contributed by atoms with Crippen molar-refractivity contribution in [2.45, 2.75) is 0 Å². The van der Waals surface area contributed by atoms with Crippen LogP contribution in [0.25, 0.3) is 0 Å². The summed E-state index contributed by atoms with van der Waals surface area (Å²) in [5, 5.41) is 28.3. The van der Waals surface area contributed by atoms with Crippen molar-refractivity contribution in [2.24, 2.45) is 5.10 Å². The van der Waals surface area contributed by atoms with Gasteiger partial charge in [-0.1, -0.05) is 18.2 Å². The molecule has 2 rings (SSSR count). The number of benzene rings is 2. The van der Waals surface area contributed by atoms with E-state index in [-0.39, 0.29) is 23.7 Å². The fraction of sp³-hybridized carbons (Fsp3) is 0.0625. The molecule has 2 aromatic rings. The summed E-state index contributed by atoms with van der Waals surface area (Å²) in [6.45, 7) is -0.349. The number of phenolic OH excluding ortho intramolecular Hbond substituents is 1. The Morgan fingerprint density at radius 2 is 1.96 bits per heavy atom. The highest BCUT2D eigenvalue weighted by Crippen LogP contribution is 2.16. The number of hydrogen-bond donors (Lipinski definition) is 4. The van der Waals surface area contributed by atoms with Crippen molar-refractivity contribution in [1.82, 2.24) is 10.7 Å². The van der Waals surface area contributed by atoms with Gasteiger partial charge in [0.05, 0.1) is 11.1 Å². The molecule has 0 aromatic heterocycles. The first-order chi connectivity index (χ1) is 12.4. The number of hydrogen-bond acceptors (Lipinski definition) is 6. The van der Waals surface area contributed by atoms with E-state index in [0.29, 0.717) is 5.56 Å². The minimum Gasteiger partial charge on any atom is -0.508 e. The van der Waals surface area contributed by atoms with Crippen LogP contribution >= 0.6 is 0 Å². The molecule has 0 saturated heterocycles. The molecule has 134 valence electrons. The van der Waals surface area contributed by atoms with E-state index in [1.54, 1.807) is 12.1 Å². The fourth-order valence-electron chi connectivity index (χ4n) is 1.86. The first-order valence-electron chi connectivity index (χ1n) is 7.34. The Hall–Kier alpha value is -3.95. The molecular weight excluding hydrogens is 342 g/mol. The second kappa shape index (κ2) is 8.78. The van der Waals surface area contributed by atoms with Gasteiger partial charge in [-0.3, -0.25) is 14.9 Å². The van der Waals surface area contributed by atoms with E-state index in [1.165, 1.54) is 42.6 Å². The number of amides is 3. The van der Waals surface area contributed by atoms with E-state index in [1.807, 2.05) is 0 Å². The van der Waals surface area contributed by atoms with Crippen molar-refractivity contribution >= 4 is 29.5 Å². The number of rotatable bonds is 6. The monoisotopic (exact) mass is 357 g/mol. The molecule has 0 aliphatic rings. The number of phenols is 1. The molecular formula is C16H15N5O5. The third-order valence-corrected chi connectivity index (χ3v) is 3.00. The highest BCUT2D eigenvalue weighted by molar-refractivity contribution is 5.92. The molecule has 2 aromatic carbocycles. The highest BCUT2D eigenvalue weighted by atomic mass is 16.6. The SMILES string of the molecule is O=C(CNC(=O)Nc1cccc([N+](=O)[O-])c1)N/N=C/c1cccc(O)c1. The Balaban J connectivity index is 1.77. The number of nitrogens with zero attached hydrogens (tertiary/aromatic N) is 2. The first-order valence-corrected chi connectivity index (χ1v) is 7.34. The standard InChI is InChI=1S/C16H15N5O5/c22-14-6-1-3-11(7-14)9-18-20-15(23)10-17-16(24)19-12-4-2-5-13(8-12)21(25)26/h1-9,22H,10H2,(H,20,23)(H2,17,19,24)/b18-9+. The Morgan fingerprint density at radius 3 is 2.69 bits per heavy atom. The molecule has 0 heterocycles. The maximum atomic E-state index is 11.7. The highest BCUT2D eigenvalue weighted by Gasteiger charge is 2.09. The molecule has 0 bridgehead atoms. The Kier molecular flexibility index (Phi) is 6.21. The molecule has 0 spiro atoms. The van der Waals surface area contributed by atoms with Gasteiger partial charge in [-0.15, -0.1) is 0 Å². The van der Waals surface area contributed by atoms with E-state index < -0.39 is 16.9 Å². The van der Waals surface area contributed by atoms with Crippen LogP contribution in [0.5, 0.6) is 5.75 Å². The number of urea groups is 1. The van der Waals surface area contributed by atoms with Gasteiger partial charge in [-0.05, 0) is 23.8 Å². The van der Waals surface area contributed by atoms with E-state index >= 15 is 0 Å². The number of nitro benzene ring substituents is 1. The summed E-state index contributed by atoms with van der Waals surface area (Å²) in [6, 6.07) is 11.0. The van der Waals surface area contributed by atoms with Gasteiger partial charge < -0.3 is 15.7 Å². The number of anilines is 1. The minimum absolute atomic E-state index is 0.0692. The summed E-state index contributed by atoms with van der Waals surface area (Å²) >= 11 is 0. The van der Waals surface area contributed by atoms with E-state index in [2.05, 4.69) is 21.2 Å². The van der Waals surface area contributed by atoms with Gasteiger partial charge in [0.25, 0.3) is 11.6 Å². The minimum atomic E-state index is -0.697. The van der Waals surface area contributed by atoms with Gasteiger partial charge in [0.15, 0.2) is 0 Å². The fourth-order valence-corrected chi connectivity index (χ4v) is 1.86. The maximum Gasteiger partial charge on any atom is 0.319 e. The van der Waals surface area contributed by atoms with Crippen LogP contribution in [0.2, 0.25) is 0 Å². The average Bonchev–Trinajstić information content (AvgIpc) is 2.60. The van der Waals surface area contributed by atoms with Gasteiger partial charge in [-0.2, -0.15) is 5.10 Å². The Labute approximate surface area is 147 Å². The molecule has 10 heteroatoms. The lowest BCUT2D eigenvalue weighted by atomic mass is 10.2. The molecule has 0 radical (unpaired) electrons. The van der Waals surface area contributed by atoms with Crippen LogP contribution in [0, 0.1) is 10.1 Å². The summed E-state index contributed by atoms with van der Waals surface area (Å²) in [5.74, 6) is -0.504. The van der Waals surface area contributed by atoms with Crippen LogP contribution in [-0.2, 0) is 4.79 Å². The predicted octanol–water partition coefficient (Wildman–Crippen LogP) is 1.57. The van der Waals surface area contributed by atoms with Crippen LogP contribution < -0.4 is 16.1 Å². The van der Waals surface area contributed by atoms with Crippen LogP contribution in [0.15, 0.2) is 53.6 Å². The molecule has 26 heavy (non-hydrogen) atoms. The summed E-state index contributed by atoms with van der Waals surface area (Å²) in [4.78, 5) is 33.4. The number of carbonyl (C=O) groups is 2. The summed E-state index contributed by atoms with van der Waals surface area (Å²) in [6.07, 6.45) is 1.33. The van der Waals surface area contributed by atoms with E-state index in [0.717, 1.165) is 0 Å². The Bertz CT molecular complexity index is 852. The summed E-state index contributed by atoms with van der Waals surface area (Å²) in [5.41, 5.74) is 2.85. The zero-order valence-corrected chi connectivity index (χ0v) is 13.4. The second-order valence-electron chi connectivity index (χ2n) is 5.00. The molecule has 0 saturated carbocycles. The first kappa shape index (κ1) is 18.4. The van der Waals surface area contributed by atoms with Crippen molar-refractivity contribution < 1.29 is 19.6 Å². The number of aromatic hydroxyl groups is 1. The molecule has 0 fully saturated rings. The van der Waals surface area contributed by atoms with Crippen molar-refractivity contribution in [3.8, 4) is 5.75 Å². The van der Waals surface area contributed by atoms with Gasteiger partial charge in [0.1, 0.15) is 12.3 Å². The third-order valence-electron chi connectivity index (χ3n) is 3.00. The van der Waals surface area contributed by atoms with Crippen molar-refractivity contribution in [3.05, 3.63) is 64.2 Å². The topological polar surface area (TPSA) is 146 Å². The third kappa shape index (κ3) is 5.92. The molecule has 0 unspecified atom stereocenters. The zero-order valence-electron chi connectivity index (χ0n) is 13.4. The number of nitro groups is 1. The largest absolute Gasteiger partial charge is 0.508 e. The Morgan fingerprint density at radius 1 is 1.19 bits per heavy atom. The molecule has 10 nitrogen and oxygen atoms in total. The molecule has 4 N–H and O–H groups in total. The lowest BCUT2D eigenvalue weighted by Gasteiger charge is -2.06. The zero-order chi connectivity index (χ0) is 18.9. The van der Waals surface area contributed by atoms with E-state index in [4.69, 9.17) is 0 Å². The van der Waals surface area contributed by atoms with Crippen LogP contribution in [0.4, 0.5) is 16.2 Å². The van der Waals surface area contributed by atoms with Gasteiger partial charge in [-0.25, -0.2) is 10.2 Å². The van der Waals surface area contributed by atoms with Gasteiger partial charge >= 0.3 is 6.03 Å². The molecule has 3 amide bonds. The smallest absolute Gasteiger partial charge is 0.319 e. The lowest BCUT2D eigenvalue weighted by molar-refractivity contribution is -0.384. The quantitative estimate of drug-likeness (QED) is 0.352. The van der Waals surface area contributed by atoms with Crippen LogP contribution in [-0.4, -0.2) is 34.7 Å². The summed E-state index contributed by atoms with van der Waals surface area (Å²) < 4.78 is 0. The lowest BCUT2D eigenvalue weighted by Crippen LogP contribution is -2.37. The molecule has 0 aliphatic heterocycles. The van der Waals surface area contributed by atoms with Crippen molar-refractivity contribution in [3.63, 3.8) is 0 Å². The normalized spacial score (nSPS) is 10.3. The van der Waals surface area contributed by atoms with E-state index in [9.17, 15) is 24.8 Å². The van der Waals surface area contributed by atoms with Crippen molar-refractivity contribution in [1.29, 1.82) is 0 Å².